The second-order valence-corrected chi connectivity index (χ2v) is 5.78. The number of aromatic nitrogens is 1. The van der Waals surface area contributed by atoms with Crippen molar-refractivity contribution in [2.75, 3.05) is 0 Å². The van der Waals surface area contributed by atoms with Crippen molar-refractivity contribution in [1.29, 1.82) is 0 Å². The third kappa shape index (κ3) is 2.74. The number of aliphatic hydroxyl groups excluding tert-OH is 1. The van der Waals surface area contributed by atoms with E-state index in [2.05, 4.69) is 4.98 Å². The van der Waals surface area contributed by atoms with Gasteiger partial charge in [0.1, 0.15) is 11.9 Å². The van der Waals surface area contributed by atoms with Crippen LogP contribution in [0.15, 0.2) is 48.7 Å². The summed E-state index contributed by atoms with van der Waals surface area (Å²) in [7, 11) is 0. The van der Waals surface area contributed by atoms with Crippen LogP contribution in [0, 0.1) is 0 Å². The summed E-state index contributed by atoms with van der Waals surface area (Å²) < 4.78 is 38.1. The molecular weight excluding hydrogens is 307 g/mol. The van der Waals surface area contributed by atoms with Gasteiger partial charge < -0.3 is 5.11 Å². The zero-order valence-electron chi connectivity index (χ0n) is 12.0. The summed E-state index contributed by atoms with van der Waals surface area (Å²) >= 11 is 0. The average molecular weight is 321 g/mol. The van der Waals surface area contributed by atoms with E-state index in [0.717, 1.165) is 12.1 Å². The van der Waals surface area contributed by atoms with Gasteiger partial charge in [-0.25, -0.2) is 0 Å². The quantitative estimate of drug-likeness (QED) is 0.942. The Morgan fingerprint density at radius 3 is 2.22 bits per heavy atom. The maximum atomic E-state index is 12.7. The lowest BCUT2D eigenvalue weighted by molar-refractivity contribution is -0.138. The Bertz CT molecular complexity index is 703. The molecule has 0 spiro atoms. The van der Waals surface area contributed by atoms with Crippen molar-refractivity contribution in [3.63, 3.8) is 0 Å². The molecule has 6 heteroatoms. The first kappa shape index (κ1) is 15.7. The zero-order chi connectivity index (χ0) is 16.7. The lowest BCUT2D eigenvalue weighted by Crippen LogP contribution is -2.46. The first-order chi connectivity index (χ1) is 10.8. The summed E-state index contributed by atoms with van der Waals surface area (Å²) in [6, 6.07) is 9.68. The minimum atomic E-state index is -4.42. The van der Waals surface area contributed by atoms with E-state index >= 15 is 0 Å². The number of hydrogen-bond acceptors (Lipinski definition) is 3. The predicted molar refractivity (Wildman–Crippen MR) is 76.6 cm³/mol. The van der Waals surface area contributed by atoms with Gasteiger partial charge in [-0.05, 0) is 29.8 Å². The number of benzene rings is 1. The monoisotopic (exact) mass is 321 g/mol. The molecule has 3 rings (SSSR count). The zero-order valence-corrected chi connectivity index (χ0v) is 12.0. The van der Waals surface area contributed by atoms with Crippen LogP contribution in [-0.4, -0.2) is 15.9 Å². The molecule has 3 nitrogen and oxygen atoms in total. The number of Topliss-reactive ketones (excluding diaryl/α,β-unsaturated/α-hetero) is 1. The molecule has 1 aliphatic carbocycles. The lowest BCUT2D eigenvalue weighted by Gasteiger charge is -2.44. The van der Waals surface area contributed by atoms with E-state index in [9.17, 15) is 23.1 Å². The Hall–Kier alpha value is -2.21. The Morgan fingerprint density at radius 1 is 1.09 bits per heavy atom. The van der Waals surface area contributed by atoms with Crippen molar-refractivity contribution in [3.8, 4) is 0 Å². The highest BCUT2D eigenvalue weighted by atomic mass is 19.4. The van der Waals surface area contributed by atoms with E-state index in [1.807, 2.05) is 0 Å². The van der Waals surface area contributed by atoms with Crippen molar-refractivity contribution in [1.82, 2.24) is 4.98 Å². The second-order valence-electron chi connectivity index (χ2n) is 5.78. The third-order valence-corrected chi connectivity index (χ3v) is 4.30. The number of carbonyl (C=O) groups is 1. The van der Waals surface area contributed by atoms with Crippen LogP contribution in [0.2, 0.25) is 0 Å². The predicted octanol–water partition coefficient (Wildman–Crippen LogP) is 3.43. The third-order valence-electron chi connectivity index (χ3n) is 4.30. The normalized spacial score (nSPS) is 18.3. The topological polar surface area (TPSA) is 50.2 Å². The fourth-order valence-corrected chi connectivity index (χ4v) is 3.02. The van der Waals surface area contributed by atoms with Crippen LogP contribution in [0.4, 0.5) is 13.2 Å². The first-order valence-corrected chi connectivity index (χ1v) is 7.11. The molecule has 120 valence electrons. The number of nitrogens with zero attached hydrogens (tertiary/aromatic N) is 1. The summed E-state index contributed by atoms with van der Waals surface area (Å²) in [6.45, 7) is 0. The molecule has 0 amide bonds. The molecule has 1 aromatic heterocycles. The van der Waals surface area contributed by atoms with Gasteiger partial charge in [0.05, 0.1) is 11.3 Å². The van der Waals surface area contributed by atoms with E-state index in [4.69, 9.17) is 0 Å². The number of ketones is 1. The van der Waals surface area contributed by atoms with Gasteiger partial charge in [0.2, 0.25) is 0 Å². The van der Waals surface area contributed by atoms with Gasteiger partial charge in [-0.1, -0.05) is 18.2 Å². The van der Waals surface area contributed by atoms with Crippen LogP contribution in [0.25, 0.3) is 0 Å². The molecule has 23 heavy (non-hydrogen) atoms. The van der Waals surface area contributed by atoms with Crippen LogP contribution >= 0.6 is 0 Å². The smallest absolute Gasteiger partial charge is 0.386 e. The van der Waals surface area contributed by atoms with E-state index in [1.165, 1.54) is 18.3 Å². The van der Waals surface area contributed by atoms with Crippen LogP contribution in [0.3, 0.4) is 0 Å². The van der Waals surface area contributed by atoms with Crippen LogP contribution in [0.5, 0.6) is 0 Å². The number of pyridine rings is 1. The van der Waals surface area contributed by atoms with Crippen LogP contribution in [-0.2, 0) is 16.4 Å². The summed E-state index contributed by atoms with van der Waals surface area (Å²) in [5, 5.41) is 10.7. The van der Waals surface area contributed by atoms with Crippen molar-refractivity contribution in [2.24, 2.45) is 0 Å². The maximum Gasteiger partial charge on any atom is 0.416 e. The van der Waals surface area contributed by atoms with Gasteiger partial charge in [-0.15, -0.1) is 0 Å². The molecule has 1 heterocycles. The van der Waals surface area contributed by atoms with Crippen LogP contribution < -0.4 is 0 Å². The molecule has 0 saturated heterocycles. The Kier molecular flexibility index (Phi) is 3.72. The van der Waals surface area contributed by atoms with Gasteiger partial charge in [-0.3, -0.25) is 9.78 Å². The number of rotatable bonds is 3. The molecule has 1 aliphatic rings. The minimum absolute atomic E-state index is 0.0279. The van der Waals surface area contributed by atoms with E-state index in [-0.39, 0.29) is 18.6 Å². The molecule has 0 radical (unpaired) electrons. The highest BCUT2D eigenvalue weighted by Gasteiger charge is 2.51. The Morgan fingerprint density at radius 2 is 1.74 bits per heavy atom. The average Bonchev–Trinajstić information content (AvgIpc) is 2.51. The Labute approximate surface area is 130 Å². The molecule has 0 unspecified atom stereocenters. The second kappa shape index (κ2) is 5.45. The first-order valence-electron chi connectivity index (χ1n) is 7.11. The van der Waals surface area contributed by atoms with Gasteiger partial charge in [-0.2, -0.15) is 13.2 Å². The molecule has 1 fully saturated rings. The molecule has 1 N–H and O–H groups in total. The highest BCUT2D eigenvalue weighted by Crippen LogP contribution is 2.50. The van der Waals surface area contributed by atoms with Crippen molar-refractivity contribution < 1.29 is 23.1 Å². The summed E-state index contributed by atoms with van der Waals surface area (Å²) in [6.07, 6.45) is -3.75. The van der Waals surface area contributed by atoms with Gasteiger partial charge in [0.15, 0.2) is 0 Å². The van der Waals surface area contributed by atoms with Crippen LogP contribution in [0.1, 0.15) is 35.8 Å². The molecule has 2 aromatic rings. The van der Waals surface area contributed by atoms with Crippen molar-refractivity contribution >= 4 is 5.78 Å². The fraction of sp³-hybridized carbons (Fsp3) is 0.294. The molecule has 0 bridgehead atoms. The SMILES string of the molecule is O=C1CC(c2ccc(C(F)(F)F)cc2)([C@@H](O)c2ccccn2)C1. The molecule has 1 aromatic carbocycles. The van der Waals surface area contributed by atoms with Gasteiger partial charge in [0.25, 0.3) is 0 Å². The van der Waals surface area contributed by atoms with E-state index in [0.29, 0.717) is 11.3 Å². The standard InChI is InChI=1S/C17H14F3NO2/c18-17(19,20)12-6-4-11(5-7-12)16(9-13(22)10-16)15(23)14-3-1-2-8-21-14/h1-8,15,23H,9-10H2/t15-/m0/s1. The molecule has 1 atom stereocenters. The van der Waals surface area contributed by atoms with Gasteiger partial charge in [0, 0.05) is 24.5 Å². The number of aliphatic hydroxyl groups is 1. The maximum absolute atomic E-state index is 12.7. The summed E-state index contributed by atoms with van der Waals surface area (Å²) in [5.41, 5.74) is -0.743. The molecule has 1 saturated carbocycles. The summed E-state index contributed by atoms with van der Waals surface area (Å²) in [4.78, 5) is 15.6. The van der Waals surface area contributed by atoms with E-state index < -0.39 is 23.3 Å². The van der Waals surface area contributed by atoms with Crippen molar-refractivity contribution in [2.45, 2.75) is 30.5 Å². The van der Waals surface area contributed by atoms with E-state index in [1.54, 1.807) is 18.2 Å². The number of carbonyl (C=O) groups excluding carboxylic acids is 1. The largest absolute Gasteiger partial charge is 0.416 e. The lowest BCUT2D eigenvalue weighted by atomic mass is 9.59. The summed E-state index contributed by atoms with van der Waals surface area (Å²) in [5.74, 6) is -0.0279. The van der Waals surface area contributed by atoms with Crippen molar-refractivity contribution in [3.05, 3.63) is 65.5 Å². The number of alkyl halides is 3. The number of halogens is 3. The Balaban J connectivity index is 1.97. The molecular formula is C17H14F3NO2. The minimum Gasteiger partial charge on any atom is -0.386 e. The fourth-order valence-electron chi connectivity index (χ4n) is 3.02. The highest BCUT2D eigenvalue weighted by molar-refractivity contribution is 5.89. The molecule has 0 aliphatic heterocycles. The number of hydrogen-bond donors (Lipinski definition) is 1. The van der Waals surface area contributed by atoms with Gasteiger partial charge >= 0.3 is 6.18 Å².